The minimum absolute atomic E-state index is 0. The van der Waals surface area contributed by atoms with Gasteiger partial charge in [0.05, 0.1) is 0 Å². The van der Waals surface area contributed by atoms with E-state index in [0.717, 1.165) is 0 Å². The van der Waals surface area contributed by atoms with E-state index in [1.54, 1.807) is 0 Å². The monoisotopic (exact) mass is 329 g/mol. The molecule has 0 aliphatic heterocycles. The van der Waals surface area contributed by atoms with Gasteiger partial charge in [-0.3, -0.25) is 0 Å². The molecule has 1 heteroatoms. The Kier molecular flexibility index (Phi) is 7.18. The molecule has 2 aromatic rings. The Bertz CT molecular complexity index is 404. The molecule has 0 aliphatic carbocycles. The maximum atomic E-state index is 2.20. The van der Waals surface area contributed by atoms with Crippen molar-refractivity contribution < 1.29 is 16.8 Å². The summed E-state index contributed by atoms with van der Waals surface area (Å²) in [5, 5.41) is 0. The van der Waals surface area contributed by atoms with Crippen LogP contribution in [0.1, 0.15) is 55.6 Å². The van der Waals surface area contributed by atoms with E-state index in [-0.39, 0.29) is 16.8 Å². The van der Waals surface area contributed by atoms with Crippen LogP contribution in [0.3, 0.4) is 0 Å². The van der Waals surface area contributed by atoms with Gasteiger partial charge >= 0.3 is 0 Å². The van der Waals surface area contributed by atoms with Crippen molar-refractivity contribution in [3.05, 3.63) is 55.6 Å². The summed E-state index contributed by atoms with van der Waals surface area (Å²) in [5.41, 5.74) is 14.7. The van der Waals surface area contributed by atoms with Gasteiger partial charge in [0.15, 0.2) is 0 Å². The first kappa shape index (κ1) is 20.2. The van der Waals surface area contributed by atoms with E-state index in [1.165, 1.54) is 55.6 Å². The second-order valence-electron chi connectivity index (χ2n) is 6.25. The fraction of sp³-hybridized carbons (Fsp3) is 0.500. The van der Waals surface area contributed by atoms with Gasteiger partial charge in [-0.25, -0.2) is 0 Å². The fourth-order valence-electron chi connectivity index (χ4n) is 2.81. The Morgan fingerprint density at radius 1 is 0.429 bits per heavy atom. The molecule has 0 aliphatic rings. The van der Waals surface area contributed by atoms with E-state index in [4.69, 9.17) is 0 Å². The van der Waals surface area contributed by atoms with Crippen LogP contribution in [0, 0.1) is 69.2 Å². The van der Waals surface area contributed by atoms with Gasteiger partial charge in [0.25, 0.3) is 0 Å². The molecule has 0 saturated heterocycles. The van der Waals surface area contributed by atoms with Crippen LogP contribution < -0.4 is 0 Å². The first-order chi connectivity index (χ1) is 9.11. The Labute approximate surface area is 141 Å². The first-order valence-electron chi connectivity index (χ1n) is 7.50. The van der Waals surface area contributed by atoms with E-state index < -0.39 is 0 Å². The summed E-state index contributed by atoms with van der Waals surface area (Å²) in [6, 6.07) is 0. The molecule has 0 aromatic heterocycles. The first-order valence-corrected chi connectivity index (χ1v) is 7.50. The SMILES string of the molecule is Cc1c(C)c(C)[c-](C)c1C.Cc1c(C)c(C)[c-](C)c1C.[Co]. The second kappa shape index (κ2) is 7.46. The summed E-state index contributed by atoms with van der Waals surface area (Å²) in [6.45, 7) is 22.0. The molecule has 0 bridgehead atoms. The molecule has 121 valence electrons. The maximum absolute atomic E-state index is 2.20. The predicted molar refractivity (Wildman–Crippen MR) is 91.4 cm³/mol. The van der Waals surface area contributed by atoms with Crippen molar-refractivity contribution in [1.82, 2.24) is 0 Å². The van der Waals surface area contributed by atoms with Crippen molar-refractivity contribution in [1.29, 1.82) is 0 Å². The van der Waals surface area contributed by atoms with Crippen molar-refractivity contribution in [2.45, 2.75) is 69.2 Å². The van der Waals surface area contributed by atoms with Crippen molar-refractivity contribution in [2.75, 3.05) is 0 Å². The van der Waals surface area contributed by atoms with Crippen LogP contribution >= 0.6 is 0 Å². The van der Waals surface area contributed by atoms with Crippen LogP contribution in [0.25, 0.3) is 0 Å². The topological polar surface area (TPSA) is 0 Å². The largest absolute Gasteiger partial charge is 0.196 e. The van der Waals surface area contributed by atoms with Crippen LogP contribution in [0.5, 0.6) is 0 Å². The molecule has 21 heavy (non-hydrogen) atoms. The van der Waals surface area contributed by atoms with Gasteiger partial charge in [-0.05, 0) is 0 Å². The summed E-state index contributed by atoms with van der Waals surface area (Å²) in [6.07, 6.45) is 0. The van der Waals surface area contributed by atoms with Crippen LogP contribution in [-0.4, -0.2) is 0 Å². The third-order valence-electron chi connectivity index (χ3n) is 5.62. The Morgan fingerprint density at radius 3 is 0.619 bits per heavy atom. The van der Waals surface area contributed by atoms with E-state index in [0.29, 0.717) is 0 Å². The quantitative estimate of drug-likeness (QED) is 0.528. The van der Waals surface area contributed by atoms with Crippen LogP contribution in [0.4, 0.5) is 0 Å². The van der Waals surface area contributed by atoms with Gasteiger partial charge in [-0.1, -0.05) is 69.2 Å². The van der Waals surface area contributed by atoms with E-state index in [1.807, 2.05) is 0 Å². The molecule has 0 fully saturated rings. The van der Waals surface area contributed by atoms with E-state index in [2.05, 4.69) is 69.2 Å². The van der Waals surface area contributed by atoms with Crippen molar-refractivity contribution in [2.24, 2.45) is 0 Å². The zero-order valence-corrected chi connectivity index (χ0v) is 16.4. The van der Waals surface area contributed by atoms with Crippen LogP contribution in [-0.2, 0) is 16.8 Å². The zero-order chi connectivity index (χ0) is 15.8. The summed E-state index contributed by atoms with van der Waals surface area (Å²) in [7, 11) is 0. The van der Waals surface area contributed by atoms with Crippen molar-refractivity contribution in [3.63, 3.8) is 0 Å². The molecular weight excluding hydrogens is 299 g/mol. The molecule has 0 N–H and O–H groups in total. The molecule has 0 saturated carbocycles. The summed E-state index contributed by atoms with van der Waals surface area (Å²) in [5.74, 6) is 0. The van der Waals surface area contributed by atoms with Crippen LogP contribution in [0.15, 0.2) is 0 Å². The molecule has 0 spiro atoms. The Hall–Kier alpha value is -0.794. The molecule has 0 unspecified atom stereocenters. The number of rotatable bonds is 0. The van der Waals surface area contributed by atoms with Gasteiger partial charge in [-0.2, -0.15) is 55.6 Å². The minimum atomic E-state index is 0. The summed E-state index contributed by atoms with van der Waals surface area (Å²) in [4.78, 5) is 0. The molecule has 0 amide bonds. The Morgan fingerprint density at radius 2 is 0.571 bits per heavy atom. The fourth-order valence-corrected chi connectivity index (χ4v) is 2.81. The minimum Gasteiger partial charge on any atom is -0.196 e. The molecule has 2 aromatic carbocycles. The third-order valence-corrected chi connectivity index (χ3v) is 5.62. The zero-order valence-electron chi connectivity index (χ0n) is 15.3. The molecule has 2 rings (SSSR count). The average Bonchev–Trinajstić information content (AvgIpc) is 2.71. The van der Waals surface area contributed by atoms with Gasteiger partial charge in [0, 0.05) is 16.8 Å². The van der Waals surface area contributed by atoms with Gasteiger partial charge in [0.2, 0.25) is 0 Å². The molecule has 0 heterocycles. The summed E-state index contributed by atoms with van der Waals surface area (Å²) >= 11 is 0. The predicted octanol–water partition coefficient (Wildman–Crippen LogP) is 5.89. The standard InChI is InChI=1S/2C10H15.Co/c2*1-6-7(2)9(4)10(5)8(6)3;/h2*1-5H3;/q2*-1;. The van der Waals surface area contributed by atoms with E-state index in [9.17, 15) is 0 Å². The van der Waals surface area contributed by atoms with Gasteiger partial charge < -0.3 is 0 Å². The van der Waals surface area contributed by atoms with E-state index >= 15 is 0 Å². The van der Waals surface area contributed by atoms with Crippen LogP contribution in [0.2, 0.25) is 0 Å². The molecular formula is C20H30Co-2. The average molecular weight is 329 g/mol. The molecule has 0 atom stereocenters. The van der Waals surface area contributed by atoms with Crippen molar-refractivity contribution >= 4 is 0 Å². The number of hydrogen-bond acceptors (Lipinski definition) is 0. The molecule has 0 nitrogen and oxygen atoms in total. The maximum Gasteiger partial charge on any atom is 0 e. The summed E-state index contributed by atoms with van der Waals surface area (Å²) < 4.78 is 0. The van der Waals surface area contributed by atoms with Gasteiger partial charge in [0.1, 0.15) is 0 Å². The second-order valence-corrected chi connectivity index (χ2v) is 6.25. The Balaban J connectivity index is 0.000000364. The third kappa shape index (κ3) is 3.70. The smallest absolute Gasteiger partial charge is 0 e. The molecule has 1 radical (unpaired) electrons. The number of hydrogen-bond donors (Lipinski definition) is 0. The van der Waals surface area contributed by atoms with Crippen molar-refractivity contribution in [3.8, 4) is 0 Å². The normalized spacial score (nSPS) is 10.0. The van der Waals surface area contributed by atoms with Gasteiger partial charge in [-0.15, -0.1) is 0 Å².